The minimum absolute atomic E-state index is 0.00484. The van der Waals surface area contributed by atoms with Gasteiger partial charge in [0.15, 0.2) is 5.78 Å². The number of benzene rings is 2. The molecule has 0 saturated carbocycles. The Balaban J connectivity index is 2.05. The normalized spacial score (nSPS) is 11.5. The topological polar surface area (TPSA) is 83.5 Å². The molecule has 0 bridgehead atoms. The van der Waals surface area contributed by atoms with Crippen molar-refractivity contribution in [2.45, 2.75) is 44.9 Å². The molecule has 0 heterocycles. The van der Waals surface area contributed by atoms with Gasteiger partial charge in [0.25, 0.3) is 0 Å². The van der Waals surface area contributed by atoms with E-state index in [1.165, 1.54) is 22.5 Å². The van der Waals surface area contributed by atoms with Crippen LogP contribution in [0.5, 0.6) is 0 Å². The zero-order valence-corrected chi connectivity index (χ0v) is 19.0. The van der Waals surface area contributed by atoms with Crippen LogP contribution >= 0.6 is 11.6 Å². The Labute approximate surface area is 183 Å². The van der Waals surface area contributed by atoms with Gasteiger partial charge in [-0.1, -0.05) is 56.6 Å². The molecule has 0 spiro atoms. The molecule has 1 N–H and O–H groups in total. The standard InChI is InChI=1S/C22H27ClN2O4S/c1-4-16-7-9-17(10-8-16)20(26)13-14-22(27)24-18-11-12-19(23)21(15-18)30(28,29)25(5-2)6-3/h7-12,15H,4-6,13-14H2,1-3H3,(H,24,27). The largest absolute Gasteiger partial charge is 0.326 e. The summed E-state index contributed by atoms with van der Waals surface area (Å²) < 4.78 is 26.8. The molecule has 2 aromatic carbocycles. The van der Waals surface area contributed by atoms with E-state index in [2.05, 4.69) is 5.32 Å². The maximum Gasteiger partial charge on any atom is 0.244 e. The minimum Gasteiger partial charge on any atom is -0.326 e. The zero-order chi connectivity index (χ0) is 22.3. The molecule has 0 aliphatic rings. The van der Waals surface area contributed by atoms with Crippen molar-refractivity contribution >= 4 is 39.0 Å². The molecule has 0 atom stereocenters. The number of nitrogens with one attached hydrogen (secondary N) is 1. The fourth-order valence-electron chi connectivity index (χ4n) is 3.00. The first kappa shape index (κ1) is 24.1. The van der Waals surface area contributed by atoms with Gasteiger partial charge in [0.05, 0.1) is 5.02 Å². The van der Waals surface area contributed by atoms with Gasteiger partial charge >= 0.3 is 0 Å². The number of carbonyl (C=O) groups excluding carboxylic acids is 2. The van der Waals surface area contributed by atoms with E-state index in [1.807, 2.05) is 19.1 Å². The molecule has 0 aromatic heterocycles. The highest BCUT2D eigenvalue weighted by atomic mass is 35.5. The molecule has 6 nitrogen and oxygen atoms in total. The Morgan fingerprint density at radius 3 is 2.17 bits per heavy atom. The molecule has 0 saturated heterocycles. The van der Waals surface area contributed by atoms with Crippen LogP contribution in [0.3, 0.4) is 0 Å². The van der Waals surface area contributed by atoms with E-state index < -0.39 is 10.0 Å². The summed E-state index contributed by atoms with van der Waals surface area (Å²) in [5, 5.41) is 2.74. The highest BCUT2D eigenvalue weighted by molar-refractivity contribution is 7.89. The second-order valence-corrected chi connectivity index (χ2v) is 9.07. The molecule has 0 unspecified atom stereocenters. The number of ketones is 1. The van der Waals surface area contributed by atoms with Gasteiger partial charge < -0.3 is 5.32 Å². The van der Waals surface area contributed by atoms with Crippen LogP contribution in [0, 0.1) is 0 Å². The van der Waals surface area contributed by atoms with Crippen LogP contribution in [-0.2, 0) is 21.2 Å². The summed E-state index contributed by atoms with van der Waals surface area (Å²) in [4.78, 5) is 24.5. The van der Waals surface area contributed by atoms with Gasteiger partial charge in [0.2, 0.25) is 15.9 Å². The lowest BCUT2D eigenvalue weighted by Crippen LogP contribution is -2.30. The minimum atomic E-state index is -3.76. The number of carbonyl (C=O) groups is 2. The van der Waals surface area contributed by atoms with E-state index in [0.29, 0.717) is 24.3 Å². The van der Waals surface area contributed by atoms with Crippen molar-refractivity contribution in [3.05, 3.63) is 58.6 Å². The van der Waals surface area contributed by atoms with E-state index in [-0.39, 0.29) is 34.5 Å². The van der Waals surface area contributed by atoms with E-state index in [1.54, 1.807) is 26.0 Å². The first-order chi connectivity index (χ1) is 14.2. The van der Waals surface area contributed by atoms with Crippen LogP contribution in [0.2, 0.25) is 5.02 Å². The Kier molecular flexibility index (Phi) is 8.58. The second-order valence-electron chi connectivity index (χ2n) is 6.76. The van der Waals surface area contributed by atoms with Crippen molar-refractivity contribution < 1.29 is 18.0 Å². The SMILES string of the molecule is CCc1ccc(C(=O)CCC(=O)Nc2ccc(Cl)c(S(=O)(=O)N(CC)CC)c2)cc1. The molecular formula is C22H27ClN2O4S. The first-order valence-corrected chi connectivity index (χ1v) is 11.8. The third-order valence-electron chi connectivity index (χ3n) is 4.80. The van der Waals surface area contributed by atoms with E-state index in [4.69, 9.17) is 11.6 Å². The Morgan fingerprint density at radius 2 is 1.60 bits per heavy atom. The van der Waals surface area contributed by atoms with Gasteiger partial charge in [-0.25, -0.2) is 8.42 Å². The molecule has 8 heteroatoms. The van der Waals surface area contributed by atoms with Gasteiger partial charge in [-0.05, 0) is 30.2 Å². The summed E-state index contributed by atoms with van der Waals surface area (Å²) >= 11 is 6.10. The maximum atomic E-state index is 12.8. The molecule has 2 rings (SSSR count). The first-order valence-electron chi connectivity index (χ1n) is 9.94. The third-order valence-corrected chi connectivity index (χ3v) is 7.33. The lowest BCUT2D eigenvalue weighted by Gasteiger charge is -2.19. The van der Waals surface area contributed by atoms with Crippen molar-refractivity contribution in [3.63, 3.8) is 0 Å². The number of Topliss-reactive ketones (excluding diaryl/α,β-unsaturated/α-hetero) is 1. The molecule has 0 fully saturated rings. The van der Waals surface area contributed by atoms with Crippen molar-refractivity contribution in [1.29, 1.82) is 0 Å². The number of sulfonamides is 1. The molecule has 1 amide bonds. The number of hydrogen-bond acceptors (Lipinski definition) is 4. The second kappa shape index (κ2) is 10.7. The van der Waals surface area contributed by atoms with Crippen molar-refractivity contribution in [1.82, 2.24) is 4.31 Å². The Bertz CT molecular complexity index is 1000. The summed E-state index contributed by atoms with van der Waals surface area (Å²) in [5.41, 5.74) is 2.02. The Hall–Kier alpha value is -2.22. The zero-order valence-electron chi connectivity index (χ0n) is 17.4. The predicted octanol–water partition coefficient (Wildman–Crippen LogP) is 4.53. The molecule has 0 radical (unpaired) electrons. The Morgan fingerprint density at radius 1 is 0.967 bits per heavy atom. The van der Waals surface area contributed by atoms with Crippen LogP contribution in [0.1, 0.15) is 49.5 Å². The summed E-state index contributed by atoms with van der Waals surface area (Å²) in [5.74, 6) is -0.490. The number of anilines is 1. The lowest BCUT2D eigenvalue weighted by molar-refractivity contribution is -0.116. The fraction of sp³-hybridized carbons (Fsp3) is 0.364. The van der Waals surface area contributed by atoms with Crippen LogP contribution in [0.15, 0.2) is 47.4 Å². The third kappa shape index (κ3) is 5.90. The van der Waals surface area contributed by atoms with Crippen molar-refractivity contribution in [2.75, 3.05) is 18.4 Å². The number of aryl methyl sites for hydroxylation is 1. The number of nitrogens with zero attached hydrogens (tertiary/aromatic N) is 1. The number of halogens is 1. The number of hydrogen-bond donors (Lipinski definition) is 1. The van der Waals surface area contributed by atoms with E-state index >= 15 is 0 Å². The van der Waals surface area contributed by atoms with Gasteiger partial charge in [-0.3, -0.25) is 9.59 Å². The molecule has 30 heavy (non-hydrogen) atoms. The van der Waals surface area contributed by atoms with E-state index in [9.17, 15) is 18.0 Å². The molecular weight excluding hydrogens is 424 g/mol. The number of rotatable bonds is 10. The average molecular weight is 451 g/mol. The predicted molar refractivity (Wildman–Crippen MR) is 120 cm³/mol. The quantitative estimate of drug-likeness (QED) is 0.539. The van der Waals surface area contributed by atoms with Crippen molar-refractivity contribution in [3.8, 4) is 0 Å². The smallest absolute Gasteiger partial charge is 0.244 e. The van der Waals surface area contributed by atoms with Crippen LogP contribution in [0.4, 0.5) is 5.69 Å². The van der Waals surface area contributed by atoms with E-state index in [0.717, 1.165) is 12.0 Å². The average Bonchev–Trinajstić information content (AvgIpc) is 2.74. The van der Waals surface area contributed by atoms with Crippen molar-refractivity contribution in [2.24, 2.45) is 0 Å². The van der Waals surface area contributed by atoms with Gasteiger partial charge in [0.1, 0.15) is 4.90 Å². The molecule has 2 aromatic rings. The lowest BCUT2D eigenvalue weighted by atomic mass is 10.0. The van der Waals surface area contributed by atoms with Gasteiger partial charge in [-0.2, -0.15) is 4.31 Å². The summed E-state index contributed by atoms with van der Waals surface area (Å²) in [7, 11) is -3.76. The monoisotopic (exact) mass is 450 g/mol. The summed E-state index contributed by atoms with van der Waals surface area (Å²) in [6.07, 6.45) is 0.953. The fourth-order valence-corrected chi connectivity index (χ4v) is 4.96. The highest BCUT2D eigenvalue weighted by Gasteiger charge is 2.25. The summed E-state index contributed by atoms with van der Waals surface area (Å²) in [6, 6.07) is 11.7. The van der Waals surface area contributed by atoms with Gasteiger partial charge in [-0.15, -0.1) is 0 Å². The van der Waals surface area contributed by atoms with Crippen LogP contribution < -0.4 is 5.32 Å². The van der Waals surface area contributed by atoms with Crippen LogP contribution in [-0.4, -0.2) is 37.5 Å². The maximum absolute atomic E-state index is 12.8. The summed E-state index contributed by atoms with van der Waals surface area (Å²) in [6.45, 7) is 6.15. The molecule has 0 aliphatic heterocycles. The van der Waals surface area contributed by atoms with Gasteiger partial charge in [0, 0.05) is 37.2 Å². The number of amides is 1. The van der Waals surface area contributed by atoms with Crippen LogP contribution in [0.25, 0.3) is 0 Å². The molecule has 162 valence electrons. The highest BCUT2D eigenvalue weighted by Crippen LogP contribution is 2.28. The molecule has 0 aliphatic carbocycles.